The van der Waals surface area contributed by atoms with E-state index in [1.54, 1.807) is 30.3 Å². The number of amides is 1. The molecule has 2 aromatic rings. The van der Waals surface area contributed by atoms with Crippen LogP contribution in [0.15, 0.2) is 36.4 Å². The lowest BCUT2D eigenvalue weighted by atomic mass is 10.0. The summed E-state index contributed by atoms with van der Waals surface area (Å²) < 4.78 is 15.1. The van der Waals surface area contributed by atoms with Crippen molar-refractivity contribution in [3.63, 3.8) is 0 Å². The smallest absolute Gasteiger partial charge is 0.409 e. The summed E-state index contributed by atoms with van der Waals surface area (Å²) in [6, 6.07) is 9.63. The van der Waals surface area contributed by atoms with Crippen LogP contribution in [-0.4, -0.2) is 25.2 Å². The molecule has 2 aromatic carbocycles. The molecule has 0 aromatic heterocycles. The van der Waals surface area contributed by atoms with Crippen LogP contribution in [0.1, 0.15) is 11.1 Å². The first kappa shape index (κ1) is 17.1. The van der Waals surface area contributed by atoms with Crippen molar-refractivity contribution in [2.75, 3.05) is 14.2 Å². The zero-order chi connectivity index (χ0) is 17.7. The van der Waals surface area contributed by atoms with Crippen LogP contribution in [0.5, 0.6) is 17.2 Å². The van der Waals surface area contributed by atoms with Crippen molar-refractivity contribution in [3.8, 4) is 17.2 Å². The molecular weight excluding hydrogens is 316 g/mol. The van der Waals surface area contributed by atoms with E-state index in [4.69, 9.17) is 19.9 Å². The number of ether oxygens (including phenoxy) is 3. The van der Waals surface area contributed by atoms with Gasteiger partial charge >= 0.3 is 11.8 Å². The Morgan fingerprint density at radius 1 is 1.12 bits per heavy atom. The number of hydrogen-bond donors (Lipinski definition) is 1. The largest absolute Gasteiger partial charge is 0.496 e. The average Bonchev–Trinajstić information content (AvgIpc) is 2.55. The highest BCUT2D eigenvalue weighted by Crippen LogP contribution is 2.35. The van der Waals surface area contributed by atoms with Gasteiger partial charge in [0, 0.05) is 12.0 Å². The third kappa shape index (κ3) is 3.92. The highest BCUT2D eigenvalue weighted by Gasteiger charge is 2.19. The molecule has 0 heterocycles. The van der Waals surface area contributed by atoms with Crippen molar-refractivity contribution in [2.45, 2.75) is 6.42 Å². The number of nitrogens with two attached hydrogens (primary N) is 1. The average molecular weight is 332 g/mol. The summed E-state index contributed by atoms with van der Waals surface area (Å²) in [5.74, 6) is 0.879. The van der Waals surface area contributed by atoms with E-state index in [1.165, 1.54) is 20.3 Å². The maximum atomic E-state index is 11.1. The summed E-state index contributed by atoms with van der Waals surface area (Å²) >= 11 is 0. The molecule has 8 heteroatoms. The molecule has 8 nitrogen and oxygen atoms in total. The summed E-state index contributed by atoms with van der Waals surface area (Å²) in [6.07, 6.45) is -0.432. The molecule has 0 aliphatic rings. The molecule has 0 fully saturated rings. The molecule has 0 aliphatic heterocycles. The minimum atomic E-state index is -0.885. The lowest BCUT2D eigenvalue weighted by Crippen LogP contribution is -2.16. The molecule has 1 amide bonds. The zero-order valence-electron chi connectivity index (χ0n) is 13.1. The van der Waals surface area contributed by atoms with Crippen molar-refractivity contribution >= 4 is 11.8 Å². The SMILES string of the molecule is COc1cc([N+](=O)[O-])c(OC)cc1Cc1ccc(OC(N)=O)cc1. The second-order valence-corrected chi connectivity index (χ2v) is 4.83. The van der Waals surface area contributed by atoms with Crippen LogP contribution in [0.4, 0.5) is 10.5 Å². The van der Waals surface area contributed by atoms with Gasteiger partial charge in [-0.2, -0.15) is 0 Å². The van der Waals surface area contributed by atoms with Crippen LogP contribution >= 0.6 is 0 Å². The Kier molecular flexibility index (Phi) is 5.20. The number of nitrogens with zero attached hydrogens (tertiary/aromatic N) is 1. The first-order valence-electron chi connectivity index (χ1n) is 6.90. The molecule has 0 atom stereocenters. The van der Waals surface area contributed by atoms with Gasteiger partial charge in [-0.1, -0.05) is 12.1 Å². The quantitative estimate of drug-likeness (QED) is 0.642. The van der Waals surface area contributed by atoms with E-state index in [9.17, 15) is 14.9 Å². The summed E-state index contributed by atoms with van der Waals surface area (Å²) in [5, 5.41) is 11.1. The minimum Gasteiger partial charge on any atom is -0.496 e. The van der Waals surface area contributed by atoms with E-state index >= 15 is 0 Å². The zero-order valence-corrected chi connectivity index (χ0v) is 13.1. The Balaban J connectivity index is 2.31. The molecule has 2 N–H and O–H groups in total. The molecule has 0 aliphatic carbocycles. The maximum absolute atomic E-state index is 11.1. The number of hydrogen-bond acceptors (Lipinski definition) is 6. The molecule has 0 radical (unpaired) electrons. The number of benzene rings is 2. The molecule has 0 unspecified atom stereocenters. The Labute approximate surface area is 137 Å². The van der Waals surface area contributed by atoms with Gasteiger partial charge in [0.25, 0.3) is 0 Å². The predicted octanol–water partition coefficient (Wildman–Crippen LogP) is 2.66. The Morgan fingerprint density at radius 3 is 2.25 bits per heavy atom. The molecule has 0 bridgehead atoms. The summed E-state index contributed by atoms with van der Waals surface area (Å²) in [4.78, 5) is 21.2. The van der Waals surface area contributed by atoms with Gasteiger partial charge in [-0.15, -0.1) is 0 Å². The van der Waals surface area contributed by atoms with Crippen LogP contribution in [0, 0.1) is 10.1 Å². The number of carbonyl (C=O) groups excluding carboxylic acids is 1. The molecule has 0 spiro atoms. The van der Waals surface area contributed by atoms with Crippen molar-refractivity contribution in [1.82, 2.24) is 0 Å². The minimum absolute atomic E-state index is 0.157. The van der Waals surface area contributed by atoms with Gasteiger partial charge in [-0.05, 0) is 23.8 Å². The number of nitro benzene ring substituents is 1. The van der Waals surface area contributed by atoms with E-state index < -0.39 is 11.0 Å². The lowest BCUT2D eigenvalue weighted by Gasteiger charge is -2.11. The van der Waals surface area contributed by atoms with Gasteiger partial charge < -0.3 is 19.9 Å². The van der Waals surface area contributed by atoms with Gasteiger partial charge in [-0.25, -0.2) is 4.79 Å². The fourth-order valence-electron chi connectivity index (χ4n) is 2.24. The summed E-state index contributed by atoms with van der Waals surface area (Å²) in [5.41, 5.74) is 6.40. The lowest BCUT2D eigenvalue weighted by molar-refractivity contribution is -0.385. The second-order valence-electron chi connectivity index (χ2n) is 4.83. The van der Waals surface area contributed by atoms with Crippen LogP contribution < -0.4 is 19.9 Å². The third-order valence-corrected chi connectivity index (χ3v) is 3.31. The second kappa shape index (κ2) is 7.32. The third-order valence-electron chi connectivity index (χ3n) is 3.31. The highest BCUT2D eigenvalue weighted by molar-refractivity contribution is 5.68. The highest BCUT2D eigenvalue weighted by atomic mass is 16.6. The van der Waals surface area contributed by atoms with E-state index in [1.807, 2.05) is 0 Å². The van der Waals surface area contributed by atoms with Gasteiger partial charge in [0.05, 0.1) is 25.2 Å². The van der Waals surface area contributed by atoms with Gasteiger partial charge in [-0.3, -0.25) is 10.1 Å². The van der Waals surface area contributed by atoms with E-state index in [2.05, 4.69) is 0 Å². The fourth-order valence-corrected chi connectivity index (χ4v) is 2.24. The van der Waals surface area contributed by atoms with Gasteiger partial charge in [0.2, 0.25) is 0 Å². The molecule has 126 valence electrons. The number of nitro groups is 1. The normalized spacial score (nSPS) is 10.1. The van der Waals surface area contributed by atoms with Crippen LogP contribution in [0.25, 0.3) is 0 Å². The topological polar surface area (TPSA) is 114 Å². The van der Waals surface area contributed by atoms with Crippen LogP contribution in [0.2, 0.25) is 0 Å². The first-order valence-corrected chi connectivity index (χ1v) is 6.90. The van der Waals surface area contributed by atoms with E-state index in [-0.39, 0.29) is 11.4 Å². The molecule has 24 heavy (non-hydrogen) atoms. The number of carbonyl (C=O) groups is 1. The van der Waals surface area contributed by atoms with Crippen molar-refractivity contribution in [1.29, 1.82) is 0 Å². The van der Waals surface area contributed by atoms with Crippen LogP contribution in [-0.2, 0) is 6.42 Å². The van der Waals surface area contributed by atoms with Crippen molar-refractivity contribution in [3.05, 3.63) is 57.6 Å². The summed E-state index contributed by atoms with van der Waals surface area (Å²) in [6.45, 7) is 0. The van der Waals surface area contributed by atoms with Gasteiger partial charge in [0.15, 0.2) is 5.75 Å². The summed E-state index contributed by atoms with van der Waals surface area (Å²) in [7, 11) is 2.81. The van der Waals surface area contributed by atoms with Crippen molar-refractivity contribution < 1.29 is 23.9 Å². The molecular formula is C16H16N2O6. The molecule has 2 rings (SSSR count). The number of methoxy groups -OCH3 is 2. The standard InChI is InChI=1S/C16H16N2O6/c1-22-14-9-13(18(20)21)15(23-2)8-11(14)7-10-3-5-12(6-4-10)24-16(17)19/h3-6,8-9H,7H2,1-2H3,(H2,17,19). The van der Waals surface area contributed by atoms with Crippen LogP contribution in [0.3, 0.4) is 0 Å². The maximum Gasteiger partial charge on any atom is 0.409 e. The molecule has 0 saturated carbocycles. The predicted molar refractivity (Wildman–Crippen MR) is 85.7 cm³/mol. The number of rotatable bonds is 6. The molecule has 0 saturated heterocycles. The first-order chi connectivity index (χ1) is 11.4. The Morgan fingerprint density at radius 2 is 1.75 bits per heavy atom. The Hall–Kier alpha value is -3.29. The van der Waals surface area contributed by atoms with E-state index in [0.717, 1.165) is 11.1 Å². The van der Waals surface area contributed by atoms with Gasteiger partial charge in [0.1, 0.15) is 11.5 Å². The fraction of sp³-hybridized carbons (Fsp3) is 0.188. The number of primary amides is 1. The van der Waals surface area contributed by atoms with Crippen molar-refractivity contribution in [2.24, 2.45) is 5.73 Å². The monoisotopic (exact) mass is 332 g/mol. The Bertz CT molecular complexity index is 758. The van der Waals surface area contributed by atoms with E-state index in [0.29, 0.717) is 17.9 Å².